The van der Waals surface area contributed by atoms with Gasteiger partial charge in [-0.25, -0.2) is 0 Å². The van der Waals surface area contributed by atoms with E-state index in [1.54, 1.807) is 0 Å². The van der Waals surface area contributed by atoms with E-state index >= 15 is 0 Å². The number of carbonyl (C=O) groups is 1. The van der Waals surface area contributed by atoms with Crippen LogP contribution in [-0.4, -0.2) is 36.2 Å². The van der Waals surface area contributed by atoms with Crippen LogP contribution in [0.1, 0.15) is 26.3 Å². The van der Waals surface area contributed by atoms with Crippen LogP contribution in [0, 0.1) is 6.92 Å². The summed E-state index contributed by atoms with van der Waals surface area (Å²) in [6, 6.07) is 7.65. The predicted octanol–water partition coefficient (Wildman–Crippen LogP) is 2.27. The number of hydrogen-bond donors (Lipinski definition) is 2. The molecule has 0 aliphatic carbocycles. The molecule has 19 heavy (non-hydrogen) atoms. The predicted molar refractivity (Wildman–Crippen MR) is 78.8 cm³/mol. The van der Waals surface area contributed by atoms with Gasteiger partial charge in [0, 0.05) is 24.8 Å². The molecule has 1 atom stereocenters. The van der Waals surface area contributed by atoms with Gasteiger partial charge >= 0.3 is 5.97 Å². The second-order valence-corrected chi connectivity index (χ2v) is 5.04. The van der Waals surface area contributed by atoms with Crippen LogP contribution in [0.3, 0.4) is 0 Å². The van der Waals surface area contributed by atoms with Crippen LogP contribution in [0.5, 0.6) is 0 Å². The van der Waals surface area contributed by atoms with Crippen molar-refractivity contribution in [2.45, 2.75) is 39.8 Å². The number of carboxylic acids is 1. The zero-order valence-electron chi connectivity index (χ0n) is 12.2. The van der Waals surface area contributed by atoms with Crippen molar-refractivity contribution in [3.05, 3.63) is 29.8 Å². The van der Waals surface area contributed by atoms with Crippen molar-refractivity contribution in [2.75, 3.05) is 18.0 Å². The summed E-state index contributed by atoms with van der Waals surface area (Å²) in [5, 5.41) is 12.4. The summed E-state index contributed by atoms with van der Waals surface area (Å²) in [6.07, 6.45) is 0. The van der Waals surface area contributed by atoms with E-state index in [9.17, 15) is 9.90 Å². The van der Waals surface area contributed by atoms with Crippen molar-refractivity contribution in [3.63, 3.8) is 0 Å². The van der Waals surface area contributed by atoms with E-state index in [-0.39, 0.29) is 6.04 Å². The molecule has 0 heterocycles. The monoisotopic (exact) mass is 264 g/mol. The van der Waals surface area contributed by atoms with E-state index in [2.05, 4.69) is 10.2 Å². The average Bonchev–Trinajstić information content (AvgIpc) is 2.35. The number of carboxylic acid groups (broad SMARTS) is 1. The molecule has 1 unspecified atom stereocenters. The molecule has 2 N–H and O–H groups in total. The quantitative estimate of drug-likeness (QED) is 0.793. The first-order valence-corrected chi connectivity index (χ1v) is 6.75. The lowest BCUT2D eigenvalue weighted by molar-refractivity contribution is -0.139. The highest BCUT2D eigenvalue weighted by Gasteiger charge is 2.21. The maximum atomic E-state index is 11.3. The van der Waals surface area contributed by atoms with Gasteiger partial charge in [-0.15, -0.1) is 0 Å². The second kappa shape index (κ2) is 7.14. The van der Waals surface area contributed by atoms with Gasteiger partial charge < -0.3 is 15.3 Å². The smallest absolute Gasteiger partial charge is 0.322 e. The molecule has 1 aromatic carbocycles. The van der Waals surface area contributed by atoms with Crippen molar-refractivity contribution in [3.8, 4) is 0 Å². The lowest BCUT2D eigenvalue weighted by atomic mass is 10.1. The molecule has 0 spiro atoms. The van der Waals surface area contributed by atoms with E-state index in [1.165, 1.54) is 0 Å². The van der Waals surface area contributed by atoms with Crippen LogP contribution in [-0.2, 0) is 4.79 Å². The van der Waals surface area contributed by atoms with Gasteiger partial charge in [0.25, 0.3) is 0 Å². The van der Waals surface area contributed by atoms with Gasteiger partial charge in [-0.3, -0.25) is 4.79 Å². The molecule has 0 saturated carbocycles. The highest BCUT2D eigenvalue weighted by atomic mass is 16.4. The largest absolute Gasteiger partial charge is 0.480 e. The molecule has 0 amide bonds. The topological polar surface area (TPSA) is 52.6 Å². The summed E-state index contributed by atoms with van der Waals surface area (Å²) in [7, 11) is 0. The van der Waals surface area contributed by atoms with E-state index in [4.69, 9.17) is 0 Å². The summed E-state index contributed by atoms with van der Waals surface area (Å²) < 4.78 is 0. The molecular weight excluding hydrogens is 240 g/mol. The zero-order valence-corrected chi connectivity index (χ0v) is 12.2. The fraction of sp³-hybridized carbons (Fsp3) is 0.533. The first-order chi connectivity index (χ1) is 8.95. The number of para-hydroxylation sites is 1. The third-order valence-electron chi connectivity index (χ3n) is 3.07. The summed E-state index contributed by atoms with van der Waals surface area (Å²) in [6.45, 7) is 9.26. The molecule has 1 aromatic rings. The number of nitrogens with one attached hydrogen (secondary N) is 1. The van der Waals surface area contributed by atoms with Crippen LogP contribution < -0.4 is 10.2 Å². The number of likely N-dealkylation sites (N-methyl/N-ethyl adjacent to an activating group) is 1. The Kier molecular flexibility index (Phi) is 5.83. The summed E-state index contributed by atoms with van der Waals surface area (Å²) in [5.41, 5.74) is 2.26. The lowest BCUT2D eigenvalue weighted by Crippen LogP contribution is -2.48. The second-order valence-electron chi connectivity index (χ2n) is 5.04. The van der Waals surface area contributed by atoms with Gasteiger partial charge in [0.05, 0.1) is 0 Å². The Labute approximate surface area is 115 Å². The Balaban J connectivity index is 2.85. The van der Waals surface area contributed by atoms with E-state index in [1.807, 2.05) is 52.0 Å². The molecule has 1 rings (SSSR count). The molecule has 4 nitrogen and oxygen atoms in total. The molecular formula is C15H24N2O2. The molecule has 0 fully saturated rings. The Morgan fingerprint density at radius 3 is 2.47 bits per heavy atom. The van der Waals surface area contributed by atoms with Crippen LogP contribution in [0.2, 0.25) is 0 Å². The lowest BCUT2D eigenvalue weighted by Gasteiger charge is -2.29. The summed E-state index contributed by atoms with van der Waals surface area (Å²) >= 11 is 0. The van der Waals surface area contributed by atoms with Crippen LogP contribution in [0.4, 0.5) is 5.69 Å². The van der Waals surface area contributed by atoms with E-state index in [0.29, 0.717) is 6.54 Å². The first kappa shape index (κ1) is 15.5. The molecule has 106 valence electrons. The molecule has 4 heteroatoms. The van der Waals surface area contributed by atoms with Crippen molar-refractivity contribution in [1.29, 1.82) is 0 Å². The average molecular weight is 264 g/mol. The normalized spacial score (nSPS) is 12.5. The van der Waals surface area contributed by atoms with Gasteiger partial charge in [-0.05, 0) is 25.5 Å². The molecule has 0 aliphatic heterocycles. The maximum absolute atomic E-state index is 11.3. The maximum Gasteiger partial charge on any atom is 0.322 e. The van der Waals surface area contributed by atoms with Crippen molar-refractivity contribution in [1.82, 2.24) is 5.32 Å². The number of anilines is 1. The molecule has 0 bridgehead atoms. The summed E-state index contributed by atoms with van der Waals surface area (Å²) in [4.78, 5) is 13.4. The molecule has 0 saturated heterocycles. The van der Waals surface area contributed by atoms with Gasteiger partial charge in [0.2, 0.25) is 0 Å². The number of benzene rings is 1. The highest BCUT2D eigenvalue weighted by molar-refractivity contribution is 5.74. The van der Waals surface area contributed by atoms with E-state index in [0.717, 1.165) is 17.8 Å². The standard InChI is InChI=1S/C15H24N2O2/c1-5-17(14-9-7-6-8-12(14)4)10-13(15(18)19)16-11(2)3/h6-9,11,13,16H,5,10H2,1-4H3,(H,18,19). The third kappa shape index (κ3) is 4.56. The number of aryl methyl sites for hydroxylation is 1. The minimum absolute atomic E-state index is 0.150. The van der Waals surface area contributed by atoms with Crippen LogP contribution >= 0.6 is 0 Å². The Morgan fingerprint density at radius 2 is 2.00 bits per heavy atom. The Hall–Kier alpha value is -1.55. The minimum atomic E-state index is -0.805. The van der Waals surface area contributed by atoms with Crippen LogP contribution in [0.25, 0.3) is 0 Å². The highest BCUT2D eigenvalue weighted by Crippen LogP contribution is 2.19. The van der Waals surface area contributed by atoms with Crippen LogP contribution in [0.15, 0.2) is 24.3 Å². The third-order valence-corrected chi connectivity index (χ3v) is 3.07. The van der Waals surface area contributed by atoms with Gasteiger partial charge in [-0.2, -0.15) is 0 Å². The fourth-order valence-electron chi connectivity index (χ4n) is 2.14. The van der Waals surface area contributed by atoms with Gasteiger partial charge in [-0.1, -0.05) is 32.0 Å². The van der Waals surface area contributed by atoms with E-state index < -0.39 is 12.0 Å². The number of rotatable bonds is 7. The molecule has 0 aliphatic rings. The zero-order chi connectivity index (χ0) is 14.4. The van der Waals surface area contributed by atoms with Gasteiger partial charge in [0.1, 0.15) is 6.04 Å². The number of hydrogen-bond acceptors (Lipinski definition) is 3. The first-order valence-electron chi connectivity index (χ1n) is 6.75. The Bertz CT molecular complexity index is 418. The molecule has 0 aromatic heterocycles. The molecule has 0 radical (unpaired) electrons. The summed E-state index contributed by atoms with van der Waals surface area (Å²) in [5.74, 6) is -0.805. The number of aliphatic carboxylic acids is 1. The minimum Gasteiger partial charge on any atom is -0.480 e. The Morgan fingerprint density at radius 1 is 1.37 bits per heavy atom. The van der Waals surface area contributed by atoms with Crippen molar-refractivity contribution in [2.24, 2.45) is 0 Å². The number of nitrogens with zero attached hydrogens (tertiary/aromatic N) is 1. The van der Waals surface area contributed by atoms with Crippen molar-refractivity contribution >= 4 is 11.7 Å². The SMILES string of the molecule is CCN(CC(NC(C)C)C(=O)O)c1ccccc1C. The van der Waals surface area contributed by atoms with Crippen molar-refractivity contribution < 1.29 is 9.90 Å². The fourth-order valence-corrected chi connectivity index (χ4v) is 2.14. The van der Waals surface area contributed by atoms with Gasteiger partial charge in [0.15, 0.2) is 0 Å².